The molecule has 0 aromatic heterocycles. The van der Waals surface area contributed by atoms with Crippen molar-refractivity contribution in [2.45, 2.75) is 26.3 Å². The predicted molar refractivity (Wildman–Crippen MR) is 55.2 cm³/mol. The first-order valence-electron chi connectivity index (χ1n) is 5.17. The van der Waals surface area contributed by atoms with E-state index in [0.29, 0.717) is 26.3 Å². The van der Waals surface area contributed by atoms with Crippen LogP contribution in [0.3, 0.4) is 0 Å². The van der Waals surface area contributed by atoms with Gasteiger partial charge in [-0.2, -0.15) is 0 Å². The molecule has 1 amide bonds. The molecule has 1 saturated heterocycles. The Morgan fingerprint density at radius 1 is 1.57 bits per heavy atom. The van der Waals surface area contributed by atoms with Gasteiger partial charge in [0.05, 0.1) is 25.3 Å². The predicted octanol–water partition coefficient (Wildman–Crippen LogP) is 0.233. The van der Waals surface area contributed by atoms with Gasteiger partial charge in [0.1, 0.15) is 0 Å². The Bertz CT molecular complexity index is 204. The second-order valence-corrected chi connectivity index (χ2v) is 4.19. The molecule has 1 fully saturated rings. The number of nitrogens with zero attached hydrogens (tertiary/aromatic N) is 1. The molecule has 82 valence electrons. The standard InChI is InChI=1S/C10H20N2O2/c1-4-11-7-9(13)12-5-6-14-8-10(12,2)3/h11H,4-8H2,1-3H3. The molecule has 1 aliphatic heterocycles. The van der Waals surface area contributed by atoms with Crippen molar-refractivity contribution in [3.8, 4) is 0 Å². The zero-order valence-corrected chi connectivity index (χ0v) is 9.30. The van der Waals surface area contributed by atoms with Crippen molar-refractivity contribution >= 4 is 5.91 Å². The van der Waals surface area contributed by atoms with Crippen LogP contribution in [0.25, 0.3) is 0 Å². The van der Waals surface area contributed by atoms with Crippen LogP contribution in [0.15, 0.2) is 0 Å². The van der Waals surface area contributed by atoms with Gasteiger partial charge in [-0.25, -0.2) is 0 Å². The number of hydrogen-bond donors (Lipinski definition) is 1. The van der Waals surface area contributed by atoms with Crippen molar-refractivity contribution in [3.63, 3.8) is 0 Å². The first-order chi connectivity index (χ1) is 6.58. The van der Waals surface area contributed by atoms with Gasteiger partial charge in [-0.05, 0) is 20.4 Å². The van der Waals surface area contributed by atoms with Crippen molar-refractivity contribution < 1.29 is 9.53 Å². The van der Waals surface area contributed by atoms with Gasteiger partial charge >= 0.3 is 0 Å². The monoisotopic (exact) mass is 200 g/mol. The molecule has 0 aliphatic carbocycles. The van der Waals surface area contributed by atoms with E-state index in [1.807, 2.05) is 25.7 Å². The van der Waals surface area contributed by atoms with Gasteiger partial charge < -0.3 is 15.0 Å². The number of ether oxygens (including phenoxy) is 1. The molecule has 1 heterocycles. The van der Waals surface area contributed by atoms with Crippen molar-refractivity contribution in [3.05, 3.63) is 0 Å². The summed E-state index contributed by atoms with van der Waals surface area (Å²) in [6, 6.07) is 0. The van der Waals surface area contributed by atoms with Gasteiger partial charge in [-0.15, -0.1) is 0 Å². The minimum absolute atomic E-state index is 0.162. The highest BCUT2D eigenvalue weighted by Gasteiger charge is 2.33. The molecule has 0 saturated carbocycles. The normalized spacial score (nSPS) is 20.9. The number of morpholine rings is 1. The van der Waals surface area contributed by atoms with E-state index in [1.165, 1.54) is 0 Å². The Kier molecular flexibility index (Phi) is 3.89. The topological polar surface area (TPSA) is 41.6 Å². The SMILES string of the molecule is CCNCC(=O)N1CCOCC1(C)C. The fourth-order valence-electron chi connectivity index (χ4n) is 1.65. The molecular formula is C10H20N2O2. The fraction of sp³-hybridized carbons (Fsp3) is 0.900. The molecule has 0 aromatic carbocycles. The van der Waals surface area contributed by atoms with Crippen LogP contribution in [-0.2, 0) is 9.53 Å². The summed E-state index contributed by atoms with van der Waals surface area (Å²) < 4.78 is 5.36. The van der Waals surface area contributed by atoms with Gasteiger partial charge in [0.2, 0.25) is 5.91 Å². The summed E-state index contributed by atoms with van der Waals surface area (Å²) in [5.41, 5.74) is -0.162. The van der Waals surface area contributed by atoms with Crippen LogP contribution < -0.4 is 5.32 Å². The second kappa shape index (κ2) is 4.75. The summed E-state index contributed by atoms with van der Waals surface area (Å²) in [4.78, 5) is 13.7. The molecule has 0 bridgehead atoms. The number of hydrogen-bond acceptors (Lipinski definition) is 3. The maximum absolute atomic E-state index is 11.8. The van der Waals surface area contributed by atoms with Crippen LogP contribution in [0.4, 0.5) is 0 Å². The first-order valence-corrected chi connectivity index (χ1v) is 5.17. The van der Waals surface area contributed by atoms with Gasteiger partial charge in [0.25, 0.3) is 0 Å². The molecule has 0 atom stereocenters. The van der Waals surface area contributed by atoms with Crippen LogP contribution in [0.1, 0.15) is 20.8 Å². The molecule has 1 rings (SSSR count). The van der Waals surface area contributed by atoms with E-state index >= 15 is 0 Å². The summed E-state index contributed by atoms with van der Waals surface area (Å²) >= 11 is 0. The van der Waals surface area contributed by atoms with Crippen LogP contribution >= 0.6 is 0 Å². The highest BCUT2D eigenvalue weighted by Crippen LogP contribution is 2.18. The van der Waals surface area contributed by atoms with Crippen LogP contribution in [0, 0.1) is 0 Å². The molecule has 14 heavy (non-hydrogen) atoms. The van der Waals surface area contributed by atoms with Crippen molar-refractivity contribution in [2.75, 3.05) is 32.8 Å². The molecular weight excluding hydrogens is 180 g/mol. The largest absolute Gasteiger partial charge is 0.377 e. The Hall–Kier alpha value is -0.610. The third-order valence-electron chi connectivity index (χ3n) is 2.47. The molecule has 1 N–H and O–H groups in total. The fourth-order valence-corrected chi connectivity index (χ4v) is 1.65. The summed E-state index contributed by atoms with van der Waals surface area (Å²) in [5, 5.41) is 3.05. The number of carbonyl (C=O) groups is 1. The molecule has 0 unspecified atom stereocenters. The average Bonchev–Trinajstić information content (AvgIpc) is 2.13. The summed E-state index contributed by atoms with van der Waals surface area (Å²) in [6.45, 7) is 9.32. The molecule has 0 radical (unpaired) electrons. The molecule has 1 aliphatic rings. The van der Waals surface area contributed by atoms with E-state index in [2.05, 4.69) is 5.32 Å². The van der Waals surface area contributed by atoms with E-state index in [1.54, 1.807) is 0 Å². The van der Waals surface area contributed by atoms with Crippen LogP contribution in [-0.4, -0.2) is 49.2 Å². The number of rotatable bonds is 3. The number of nitrogens with one attached hydrogen (secondary N) is 1. The quantitative estimate of drug-likeness (QED) is 0.709. The van der Waals surface area contributed by atoms with E-state index < -0.39 is 0 Å². The molecule has 0 spiro atoms. The first kappa shape index (κ1) is 11.5. The van der Waals surface area contributed by atoms with E-state index in [9.17, 15) is 4.79 Å². The zero-order chi connectivity index (χ0) is 10.6. The lowest BCUT2D eigenvalue weighted by Gasteiger charge is -2.42. The Morgan fingerprint density at radius 2 is 2.29 bits per heavy atom. The van der Waals surface area contributed by atoms with Crippen LogP contribution in [0.2, 0.25) is 0 Å². The maximum Gasteiger partial charge on any atom is 0.237 e. The lowest BCUT2D eigenvalue weighted by molar-refractivity contribution is -0.145. The minimum atomic E-state index is -0.162. The third kappa shape index (κ3) is 2.69. The third-order valence-corrected chi connectivity index (χ3v) is 2.47. The van der Waals surface area contributed by atoms with Gasteiger partial charge in [-0.3, -0.25) is 4.79 Å². The minimum Gasteiger partial charge on any atom is -0.377 e. The van der Waals surface area contributed by atoms with Crippen molar-refractivity contribution in [1.29, 1.82) is 0 Å². The summed E-state index contributed by atoms with van der Waals surface area (Å²) in [5.74, 6) is 0.167. The number of carbonyl (C=O) groups excluding carboxylic acids is 1. The smallest absolute Gasteiger partial charge is 0.237 e. The van der Waals surface area contributed by atoms with Crippen molar-refractivity contribution in [1.82, 2.24) is 10.2 Å². The highest BCUT2D eigenvalue weighted by atomic mass is 16.5. The Labute approximate surface area is 85.6 Å². The van der Waals surface area contributed by atoms with E-state index in [0.717, 1.165) is 6.54 Å². The summed E-state index contributed by atoms with van der Waals surface area (Å²) in [7, 11) is 0. The van der Waals surface area contributed by atoms with Gasteiger partial charge in [0, 0.05) is 6.54 Å². The maximum atomic E-state index is 11.8. The lowest BCUT2D eigenvalue weighted by Crippen LogP contribution is -2.57. The zero-order valence-electron chi connectivity index (χ0n) is 9.30. The molecule has 0 aromatic rings. The van der Waals surface area contributed by atoms with E-state index in [4.69, 9.17) is 4.74 Å². The van der Waals surface area contributed by atoms with Crippen LogP contribution in [0.5, 0.6) is 0 Å². The van der Waals surface area contributed by atoms with Crippen molar-refractivity contribution in [2.24, 2.45) is 0 Å². The van der Waals surface area contributed by atoms with Gasteiger partial charge in [0.15, 0.2) is 0 Å². The number of likely N-dealkylation sites (N-methyl/N-ethyl adjacent to an activating group) is 1. The Balaban J connectivity index is 2.51. The summed E-state index contributed by atoms with van der Waals surface area (Å²) in [6.07, 6.45) is 0. The van der Waals surface area contributed by atoms with Gasteiger partial charge in [-0.1, -0.05) is 6.92 Å². The molecule has 4 nitrogen and oxygen atoms in total. The second-order valence-electron chi connectivity index (χ2n) is 4.19. The highest BCUT2D eigenvalue weighted by molar-refractivity contribution is 5.79. The van der Waals surface area contributed by atoms with E-state index in [-0.39, 0.29) is 11.4 Å². The molecule has 4 heteroatoms. The lowest BCUT2D eigenvalue weighted by atomic mass is 10.0. The number of amides is 1. The average molecular weight is 200 g/mol. The Morgan fingerprint density at radius 3 is 2.86 bits per heavy atom.